The van der Waals surface area contributed by atoms with Crippen LogP contribution in [0.1, 0.15) is 16.8 Å². The van der Waals surface area contributed by atoms with E-state index in [1.54, 1.807) is 23.5 Å². The van der Waals surface area contributed by atoms with Crippen LogP contribution in [0.4, 0.5) is 0 Å². The SMILES string of the molecule is CCNC(=NCCNS(=O)(=O)c1cccc(Cl)c1)NCCc1ncc(C)s1. The Labute approximate surface area is 169 Å². The molecule has 0 bridgehead atoms. The fraction of sp³-hybridized carbons (Fsp3) is 0.412. The van der Waals surface area contributed by atoms with Crippen LogP contribution in [0.5, 0.6) is 0 Å². The number of nitrogens with one attached hydrogen (secondary N) is 3. The summed E-state index contributed by atoms with van der Waals surface area (Å²) in [6, 6.07) is 6.15. The number of hydrogen-bond donors (Lipinski definition) is 3. The first-order valence-corrected chi connectivity index (χ1v) is 11.3. The van der Waals surface area contributed by atoms with Crippen molar-refractivity contribution in [2.75, 3.05) is 26.2 Å². The zero-order valence-corrected chi connectivity index (χ0v) is 17.7. The molecule has 1 heterocycles. The summed E-state index contributed by atoms with van der Waals surface area (Å²) < 4.78 is 27.0. The number of nitrogens with zero attached hydrogens (tertiary/aromatic N) is 2. The average molecular weight is 430 g/mol. The molecule has 0 aliphatic rings. The molecular formula is C17H24ClN5O2S2. The van der Waals surface area contributed by atoms with E-state index in [1.165, 1.54) is 17.0 Å². The Bertz CT molecular complexity index is 868. The summed E-state index contributed by atoms with van der Waals surface area (Å²) in [5.74, 6) is 0.646. The number of aryl methyl sites for hydroxylation is 1. The van der Waals surface area contributed by atoms with Crippen molar-refractivity contribution < 1.29 is 8.42 Å². The highest BCUT2D eigenvalue weighted by atomic mass is 35.5. The molecule has 0 aliphatic carbocycles. The molecule has 0 unspecified atom stereocenters. The van der Waals surface area contributed by atoms with Gasteiger partial charge in [0.25, 0.3) is 0 Å². The molecule has 0 fully saturated rings. The van der Waals surface area contributed by atoms with Crippen molar-refractivity contribution in [1.29, 1.82) is 0 Å². The van der Waals surface area contributed by atoms with E-state index in [2.05, 4.69) is 25.3 Å². The van der Waals surface area contributed by atoms with Crippen molar-refractivity contribution in [2.45, 2.75) is 25.2 Å². The van der Waals surface area contributed by atoms with E-state index in [-0.39, 0.29) is 11.4 Å². The summed E-state index contributed by atoms with van der Waals surface area (Å²) in [4.78, 5) is 10.1. The first-order valence-electron chi connectivity index (χ1n) is 8.59. The van der Waals surface area contributed by atoms with Crippen molar-refractivity contribution >= 4 is 38.9 Å². The van der Waals surface area contributed by atoms with E-state index in [4.69, 9.17) is 11.6 Å². The number of sulfonamides is 1. The van der Waals surface area contributed by atoms with Gasteiger partial charge in [-0.2, -0.15) is 0 Å². The molecule has 0 radical (unpaired) electrons. The topological polar surface area (TPSA) is 95.5 Å². The quantitative estimate of drug-likeness (QED) is 0.322. The Morgan fingerprint density at radius 3 is 2.78 bits per heavy atom. The molecule has 0 spiro atoms. The van der Waals surface area contributed by atoms with Gasteiger partial charge >= 0.3 is 0 Å². The van der Waals surface area contributed by atoms with E-state index in [0.29, 0.717) is 24.1 Å². The molecule has 0 saturated heterocycles. The van der Waals surface area contributed by atoms with Crippen LogP contribution in [0.3, 0.4) is 0 Å². The normalized spacial score (nSPS) is 12.2. The number of hydrogen-bond acceptors (Lipinski definition) is 5. The average Bonchev–Trinajstić information content (AvgIpc) is 3.04. The van der Waals surface area contributed by atoms with E-state index in [9.17, 15) is 8.42 Å². The molecular weight excluding hydrogens is 406 g/mol. The number of aromatic nitrogens is 1. The summed E-state index contributed by atoms with van der Waals surface area (Å²) in [7, 11) is -3.60. The summed E-state index contributed by atoms with van der Waals surface area (Å²) in [6.45, 7) is 5.93. The molecule has 0 atom stereocenters. The lowest BCUT2D eigenvalue weighted by Gasteiger charge is -2.11. The lowest BCUT2D eigenvalue weighted by Crippen LogP contribution is -2.39. The summed E-state index contributed by atoms with van der Waals surface area (Å²) >= 11 is 7.53. The van der Waals surface area contributed by atoms with Crippen LogP contribution >= 0.6 is 22.9 Å². The highest BCUT2D eigenvalue weighted by molar-refractivity contribution is 7.89. The van der Waals surface area contributed by atoms with Gasteiger partial charge in [0.1, 0.15) is 0 Å². The summed E-state index contributed by atoms with van der Waals surface area (Å²) in [5.41, 5.74) is 0. The van der Waals surface area contributed by atoms with Crippen LogP contribution in [-0.4, -0.2) is 45.5 Å². The van der Waals surface area contributed by atoms with E-state index in [0.717, 1.165) is 18.0 Å². The standard InChI is InChI=1S/C17H24ClN5O2S2/c1-3-19-17(20-8-7-16-22-12-13(2)26-16)21-9-10-23-27(24,25)15-6-4-5-14(18)11-15/h4-6,11-12,23H,3,7-10H2,1-2H3,(H2,19,20,21). The first-order chi connectivity index (χ1) is 12.9. The summed E-state index contributed by atoms with van der Waals surface area (Å²) in [6.07, 6.45) is 2.68. The van der Waals surface area contributed by atoms with Gasteiger partial charge in [-0.15, -0.1) is 11.3 Å². The number of halogens is 1. The Balaban J connectivity index is 1.81. The fourth-order valence-corrected chi connectivity index (χ4v) is 4.32. The van der Waals surface area contributed by atoms with Crippen LogP contribution in [-0.2, 0) is 16.4 Å². The minimum atomic E-state index is -3.60. The van der Waals surface area contributed by atoms with Crippen LogP contribution in [0, 0.1) is 6.92 Å². The van der Waals surface area contributed by atoms with Crippen LogP contribution in [0.2, 0.25) is 5.02 Å². The number of guanidine groups is 1. The zero-order chi connectivity index (χ0) is 19.7. The first kappa shape index (κ1) is 21.6. The smallest absolute Gasteiger partial charge is 0.240 e. The number of thiazole rings is 1. The van der Waals surface area contributed by atoms with E-state index < -0.39 is 10.0 Å². The second-order valence-corrected chi connectivity index (χ2v) is 9.18. The van der Waals surface area contributed by atoms with Gasteiger partial charge in [-0.05, 0) is 32.0 Å². The van der Waals surface area contributed by atoms with Gasteiger partial charge in [0.2, 0.25) is 10.0 Å². The third-order valence-corrected chi connectivity index (χ3v) is 6.09. The van der Waals surface area contributed by atoms with Gasteiger partial charge < -0.3 is 10.6 Å². The van der Waals surface area contributed by atoms with E-state index in [1.807, 2.05) is 20.0 Å². The Hall–Kier alpha value is -1.68. The predicted octanol–water partition coefficient (Wildman–Crippen LogP) is 2.18. The second kappa shape index (κ2) is 10.6. The molecule has 3 N–H and O–H groups in total. The molecule has 1 aromatic carbocycles. The highest BCUT2D eigenvalue weighted by Crippen LogP contribution is 2.15. The third kappa shape index (κ3) is 7.45. The maximum Gasteiger partial charge on any atom is 0.240 e. The van der Waals surface area contributed by atoms with Crippen molar-refractivity contribution in [3.63, 3.8) is 0 Å². The van der Waals surface area contributed by atoms with Crippen molar-refractivity contribution in [2.24, 2.45) is 4.99 Å². The van der Waals surface area contributed by atoms with Gasteiger partial charge in [0, 0.05) is 42.2 Å². The van der Waals surface area contributed by atoms with Crippen molar-refractivity contribution in [3.8, 4) is 0 Å². The number of rotatable bonds is 9. The van der Waals surface area contributed by atoms with Crippen LogP contribution in [0.15, 0.2) is 40.4 Å². The summed E-state index contributed by atoms with van der Waals surface area (Å²) in [5, 5.41) is 7.82. The minimum Gasteiger partial charge on any atom is -0.357 e. The predicted molar refractivity (Wildman–Crippen MR) is 111 cm³/mol. The maximum absolute atomic E-state index is 12.2. The molecule has 0 aliphatic heterocycles. The molecule has 2 rings (SSSR count). The minimum absolute atomic E-state index is 0.141. The molecule has 2 aromatic rings. The largest absolute Gasteiger partial charge is 0.357 e. The van der Waals surface area contributed by atoms with Gasteiger partial charge in [-0.1, -0.05) is 17.7 Å². The van der Waals surface area contributed by atoms with Gasteiger partial charge in [-0.25, -0.2) is 18.1 Å². The van der Waals surface area contributed by atoms with Crippen molar-refractivity contribution in [1.82, 2.24) is 20.3 Å². The van der Waals surface area contributed by atoms with Gasteiger partial charge in [-0.3, -0.25) is 4.99 Å². The molecule has 7 nitrogen and oxygen atoms in total. The molecule has 148 valence electrons. The molecule has 10 heteroatoms. The monoisotopic (exact) mass is 429 g/mol. The maximum atomic E-state index is 12.2. The van der Waals surface area contributed by atoms with E-state index >= 15 is 0 Å². The molecule has 0 amide bonds. The Morgan fingerprint density at radius 2 is 2.11 bits per heavy atom. The number of aliphatic imine (C=N–C) groups is 1. The van der Waals surface area contributed by atoms with Crippen LogP contribution in [0.25, 0.3) is 0 Å². The fourth-order valence-electron chi connectivity index (χ4n) is 2.21. The second-order valence-electron chi connectivity index (χ2n) is 5.66. The Kier molecular flexibility index (Phi) is 8.49. The molecule has 0 saturated carbocycles. The Morgan fingerprint density at radius 1 is 1.30 bits per heavy atom. The van der Waals surface area contributed by atoms with Gasteiger partial charge in [0.05, 0.1) is 16.4 Å². The van der Waals surface area contributed by atoms with Gasteiger partial charge in [0.15, 0.2) is 5.96 Å². The zero-order valence-electron chi connectivity index (χ0n) is 15.3. The lowest BCUT2D eigenvalue weighted by atomic mass is 10.4. The number of benzene rings is 1. The molecule has 27 heavy (non-hydrogen) atoms. The van der Waals surface area contributed by atoms with Crippen molar-refractivity contribution in [3.05, 3.63) is 45.4 Å². The van der Waals surface area contributed by atoms with Crippen LogP contribution < -0.4 is 15.4 Å². The molecule has 1 aromatic heterocycles. The third-order valence-electron chi connectivity index (χ3n) is 3.42. The highest BCUT2D eigenvalue weighted by Gasteiger charge is 2.13. The lowest BCUT2D eigenvalue weighted by molar-refractivity contribution is 0.582.